The fourth-order valence-corrected chi connectivity index (χ4v) is 2.38. The first kappa shape index (κ1) is 13.1. The average molecular weight is 252 g/mol. The highest BCUT2D eigenvalue weighted by Gasteiger charge is 2.32. The molecule has 0 bridgehead atoms. The molecule has 0 spiro atoms. The molecule has 2 rings (SSSR count). The number of ether oxygens (including phenoxy) is 1. The van der Waals surface area contributed by atoms with Gasteiger partial charge in [0.2, 0.25) is 0 Å². The molecule has 1 aromatic rings. The molecule has 0 radical (unpaired) electrons. The van der Waals surface area contributed by atoms with E-state index in [1.807, 2.05) is 20.8 Å². The van der Waals surface area contributed by atoms with Crippen molar-refractivity contribution < 1.29 is 4.74 Å². The third-order valence-corrected chi connectivity index (χ3v) is 3.42. The Hall–Kier alpha value is -1.36. The van der Waals surface area contributed by atoms with Gasteiger partial charge < -0.3 is 9.30 Å². The lowest BCUT2D eigenvalue weighted by atomic mass is 10.1. The van der Waals surface area contributed by atoms with E-state index in [4.69, 9.17) is 4.74 Å². The summed E-state index contributed by atoms with van der Waals surface area (Å²) in [5.41, 5.74) is -0.649. The van der Waals surface area contributed by atoms with Gasteiger partial charge in [-0.1, -0.05) is 0 Å². The van der Waals surface area contributed by atoms with Crippen LogP contribution in [0.25, 0.3) is 0 Å². The second kappa shape index (κ2) is 4.72. The Bertz CT molecular complexity index is 542. The second-order valence-corrected chi connectivity index (χ2v) is 5.37. The lowest BCUT2D eigenvalue weighted by Gasteiger charge is -2.19. The predicted octanol–water partition coefficient (Wildman–Crippen LogP) is 0.988. The van der Waals surface area contributed by atoms with Crippen LogP contribution >= 0.6 is 0 Å². The number of nitrogens with zero attached hydrogens (tertiary/aromatic N) is 2. The molecule has 5 nitrogen and oxygen atoms in total. The van der Waals surface area contributed by atoms with Crippen LogP contribution < -0.4 is 11.2 Å². The largest absolute Gasteiger partial charge is 0.370 e. The summed E-state index contributed by atoms with van der Waals surface area (Å²) in [5.74, 6) is 0. The van der Waals surface area contributed by atoms with E-state index < -0.39 is 0 Å². The first-order valence-corrected chi connectivity index (χ1v) is 6.41. The summed E-state index contributed by atoms with van der Waals surface area (Å²) in [6.07, 6.45) is 3.35. The average Bonchev–Trinajstić information content (AvgIpc) is 2.64. The van der Waals surface area contributed by atoms with Crippen LogP contribution in [0.2, 0.25) is 0 Å². The zero-order chi connectivity index (χ0) is 13.3. The monoisotopic (exact) mass is 252 g/mol. The molecule has 0 aromatic carbocycles. The summed E-state index contributed by atoms with van der Waals surface area (Å²) in [6.45, 7) is 6.86. The van der Waals surface area contributed by atoms with Crippen LogP contribution in [0, 0.1) is 0 Å². The smallest absolute Gasteiger partial charge is 0.331 e. The van der Waals surface area contributed by atoms with Gasteiger partial charge in [0.25, 0.3) is 5.56 Å². The molecule has 100 valence electrons. The molecule has 1 unspecified atom stereocenters. The SMILES string of the molecule is CCn1ccc(=O)n(CC2CCC(C)(C)O2)c1=O. The number of aromatic nitrogens is 2. The highest BCUT2D eigenvalue weighted by atomic mass is 16.5. The summed E-state index contributed by atoms with van der Waals surface area (Å²) < 4.78 is 8.63. The minimum absolute atomic E-state index is 0.0434. The molecule has 1 atom stereocenters. The van der Waals surface area contributed by atoms with Crippen LogP contribution in [0.1, 0.15) is 33.6 Å². The van der Waals surface area contributed by atoms with Crippen molar-refractivity contribution in [1.29, 1.82) is 0 Å². The maximum atomic E-state index is 12.0. The molecule has 0 N–H and O–H groups in total. The van der Waals surface area contributed by atoms with Crippen LogP contribution in [0.4, 0.5) is 0 Å². The molecular weight excluding hydrogens is 232 g/mol. The predicted molar refractivity (Wildman–Crippen MR) is 68.8 cm³/mol. The van der Waals surface area contributed by atoms with Gasteiger partial charge in [0.1, 0.15) is 0 Å². The molecule has 0 aliphatic carbocycles. The van der Waals surface area contributed by atoms with Gasteiger partial charge >= 0.3 is 5.69 Å². The van der Waals surface area contributed by atoms with Gasteiger partial charge in [-0.3, -0.25) is 9.36 Å². The molecule has 1 fully saturated rings. The highest BCUT2D eigenvalue weighted by Crippen LogP contribution is 2.29. The Kier molecular flexibility index (Phi) is 3.43. The van der Waals surface area contributed by atoms with Crippen LogP contribution in [0.3, 0.4) is 0 Å². The van der Waals surface area contributed by atoms with Gasteiger partial charge in [-0.05, 0) is 33.6 Å². The topological polar surface area (TPSA) is 53.2 Å². The molecule has 0 amide bonds. The van der Waals surface area contributed by atoms with Crippen LogP contribution in [-0.4, -0.2) is 20.8 Å². The van der Waals surface area contributed by atoms with Gasteiger partial charge in [-0.2, -0.15) is 0 Å². The minimum atomic E-state index is -0.252. The van der Waals surface area contributed by atoms with Crippen molar-refractivity contribution in [2.75, 3.05) is 0 Å². The Morgan fingerprint density at radius 3 is 2.72 bits per heavy atom. The molecule has 1 aliphatic rings. The molecule has 1 aromatic heterocycles. The zero-order valence-corrected chi connectivity index (χ0v) is 11.2. The van der Waals surface area contributed by atoms with Crippen molar-refractivity contribution in [1.82, 2.24) is 9.13 Å². The molecule has 0 saturated carbocycles. The number of rotatable bonds is 3. The van der Waals surface area contributed by atoms with Crippen LogP contribution in [-0.2, 0) is 17.8 Å². The van der Waals surface area contributed by atoms with Gasteiger partial charge in [0.15, 0.2) is 0 Å². The van der Waals surface area contributed by atoms with Gasteiger partial charge in [0, 0.05) is 18.8 Å². The van der Waals surface area contributed by atoms with Gasteiger partial charge in [-0.15, -0.1) is 0 Å². The molecular formula is C13H20N2O3. The van der Waals surface area contributed by atoms with Crippen molar-refractivity contribution in [2.45, 2.75) is 58.4 Å². The fourth-order valence-electron chi connectivity index (χ4n) is 2.38. The zero-order valence-electron chi connectivity index (χ0n) is 11.2. The maximum absolute atomic E-state index is 12.0. The van der Waals surface area contributed by atoms with Gasteiger partial charge in [-0.25, -0.2) is 4.79 Å². The van der Waals surface area contributed by atoms with Crippen molar-refractivity contribution in [3.63, 3.8) is 0 Å². The second-order valence-electron chi connectivity index (χ2n) is 5.37. The lowest BCUT2D eigenvalue weighted by Crippen LogP contribution is -2.41. The van der Waals surface area contributed by atoms with E-state index >= 15 is 0 Å². The lowest BCUT2D eigenvalue weighted by molar-refractivity contribution is -0.0226. The van der Waals surface area contributed by atoms with E-state index in [2.05, 4.69) is 0 Å². The van der Waals surface area contributed by atoms with E-state index in [0.29, 0.717) is 13.1 Å². The molecule has 18 heavy (non-hydrogen) atoms. The van der Waals surface area contributed by atoms with E-state index in [-0.39, 0.29) is 23.0 Å². The van der Waals surface area contributed by atoms with Crippen LogP contribution in [0.5, 0.6) is 0 Å². The molecule has 5 heteroatoms. The van der Waals surface area contributed by atoms with E-state index in [1.54, 1.807) is 6.20 Å². The van der Waals surface area contributed by atoms with Crippen molar-refractivity contribution in [3.05, 3.63) is 33.1 Å². The number of hydrogen-bond donors (Lipinski definition) is 0. The minimum Gasteiger partial charge on any atom is -0.370 e. The number of aryl methyl sites for hydroxylation is 1. The quantitative estimate of drug-likeness (QED) is 0.806. The first-order chi connectivity index (χ1) is 8.43. The Morgan fingerprint density at radius 1 is 1.44 bits per heavy atom. The van der Waals surface area contributed by atoms with Crippen molar-refractivity contribution in [2.24, 2.45) is 0 Å². The normalized spacial score (nSPS) is 22.3. The Balaban J connectivity index is 2.25. The van der Waals surface area contributed by atoms with E-state index in [0.717, 1.165) is 12.8 Å². The van der Waals surface area contributed by atoms with Gasteiger partial charge in [0.05, 0.1) is 18.2 Å². The summed E-state index contributed by atoms with van der Waals surface area (Å²) in [7, 11) is 0. The molecule has 1 saturated heterocycles. The van der Waals surface area contributed by atoms with E-state index in [9.17, 15) is 9.59 Å². The van der Waals surface area contributed by atoms with Crippen molar-refractivity contribution >= 4 is 0 Å². The summed E-state index contributed by atoms with van der Waals surface area (Å²) >= 11 is 0. The molecule has 1 aliphatic heterocycles. The Morgan fingerprint density at radius 2 is 2.17 bits per heavy atom. The summed E-state index contributed by atoms with van der Waals surface area (Å²) in [6, 6.07) is 1.44. The highest BCUT2D eigenvalue weighted by molar-refractivity contribution is 4.88. The fraction of sp³-hybridized carbons (Fsp3) is 0.692. The molecule has 2 heterocycles. The third-order valence-electron chi connectivity index (χ3n) is 3.42. The summed E-state index contributed by atoms with van der Waals surface area (Å²) in [4.78, 5) is 23.8. The van der Waals surface area contributed by atoms with Crippen LogP contribution in [0.15, 0.2) is 21.9 Å². The number of hydrogen-bond acceptors (Lipinski definition) is 3. The summed E-state index contributed by atoms with van der Waals surface area (Å²) in [5, 5.41) is 0. The standard InChI is InChI=1S/C13H20N2O3/c1-4-14-8-6-11(16)15(12(14)17)9-10-5-7-13(2,3)18-10/h6,8,10H,4-5,7,9H2,1-3H3. The first-order valence-electron chi connectivity index (χ1n) is 6.41. The Labute approximate surface area is 106 Å². The van der Waals surface area contributed by atoms with E-state index in [1.165, 1.54) is 15.2 Å². The van der Waals surface area contributed by atoms with Crippen molar-refractivity contribution in [3.8, 4) is 0 Å². The third kappa shape index (κ3) is 2.56. The maximum Gasteiger partial charge on any atom is 0.331 e.